The van der Waals surface area contributed by atoms with Crippen LogP contribution in [0.5, 0.6) is 0 Å². The maximum Gasteiger partial charge on any atom is 0.254 e. The molecule has 0 saturated carbocycles. The number of nitrogens with one attached hydrogen (secondary N) is 1. The van der Waals surface area contributed by atoms with E-state index < -0.39 is 0 Å². The van der Waals surface area contributed by atoms with Crippen LogP contribution in [0.1, 0.15) is 30.1 Å². The Balaban J connectivity index is 1.66. The molecule has 0 aromatic carbocycles. The Morgan fingerprint density at radius 3 is 2.67 bits per heavy atom. The SMILES string of the molecule is CCCC(=O)NCCN1CCN(C(=O)c2ccsc2)CC1. The minimum Gasteiger partial charge on any atom is -0.355 e. The van der Waals surface area contributed by atoms with E-state index >= 15 is 0 Å². The van der Waals surface area contributed by atoms with Gasteiger partial charge in [0.05, 0.1) is 5.56 Å². The van der Waals surface area contributed by atoms with Gasteiger partial charge < -0.3 is 10.2 Å². The molecule has 2 heterocycles. The molecule has 1 saturated heterocycles. The number of hydrogen-bond donors (Lipinski definition) is 1. The van der Waals surface area contributed by atoms with E-state index in [-0.39, 0.29) is 11.8 Å². The maximum absolute atomic E-state index is 12.2. The third-order valence-electron chi connectivity index (χ3n) is 3.65. The second-order valence-corrected chi connectivity index (χ2v) is 6.03. The number of piperazine rings is 1. The predicted octanol–water partition coefficient (Wildman–Crippen LogP) is 1.42. The number of carbonyl (C=O) groups is 2. The number of amides is 2. The molecular formula is C15H23N3O2S. The van der Waals surface area contributed by atoms with E-state index in [4.69, 9.17) is 0 Å². The predicted molar refractivity (Wildman–Crippen MR) is 84.6 cm³/mol. The van der Waals surface area contributed by atoms with Crippen molar-refractivity contribution in [1.82, 2.24) is 15.1 Å². The molecule has 2 amide bonds. The second-order valence-electron chi connectivity index (χ2n) is 5.25. The monoisotopic (exact) mass is 309 g/mol. The highest BCUT2D eigenvalue weighted by Crippen LogP contribution is 2.11. The molecule has 1 aromatic rings. The van der Waals surface area contributed by atoms with E-state index in [0.29, 0.717) is 13.0 Å². The number of nitrogens with zero attached hydrogens (tertiary/aromatic N) is 2. The topological polar surface area (TPSA) is 52.7 Å². The first kappa shape index (κ1) is 16.0. The van der Waals surface area contributed by atoms with Gasteiger partial charge in [-0.2, -0.15) is 11.3 Å². The first-order valence-electron chi connectivity index (χ1n) is 7.51. The highest BCUT2D eigenvalue weighted by atomic mass is 32.1. The lowest BCUT2D eigenvalue weighted by molar-refractivity contribution is -0.121. The first-order valence-corrected chi connectivity index (χ1v) is 8.45. The van der Waals surface area contributed by atoms with Crippen LogP contribution in [-0.2, 0) is 4.79 Å². The Morgan fingerprint density at radius 2 is 2.05 bits per heavy atom. The van der Waals surface area contributed by atoms with E-state index in [0.717, 1.165) is 44.7 Å². The fraction of sp³-hybridized carbons (Fsp3) is 0.600. The van der Waals surface area contributed by atoms with Crippen molar-refractivity contribution in [3.05, 3.63) is 22.4 Å². The molecule has 0 unspecified atom stereocenters. The van der Waals surface area contributed by atoms with E-state index in [1.54, 1.807) is 11.3 Å². The summed E-state index contributed by atoms with van der Waals surface area (Å²) in [4.78, 5) is 27.8. The van der Waals surface area contributed by atoms with Crippen molar-refractivity contribution in [2.24, 2.45) is 0 Å². The summed E-state index contributed by atoms with van der Waals surface area (Å²) in [5.41, 5.74) is 0.792. The average molecular weight is 309 g/mol. The number of carbonyl (C=O) groups excluding carboxylic acids is 2. The number of thiophene rings is 1. The molecule has 6 heteroatoms. The Labute approximate surface area is 129 Å². The first-order chi connectivity index (χ1) is 10.2. The summed E-state index contributed by atoms with van der Waals surface area (Å²) >= 11 is 1.55. The molecule has 5 nitrogen and oxygen atoms in total. The Kier molecular flexibility index (Phi) is 6.20. The summed E-state index contributed by atoms with van der Waals surface area (Å²) in [5, 5.41) is 6.76. The maximum atomic E-state index is 12.2. The zero-order valence-electron chi connectivity index (χ0n) is 12.5. The van der Waals surface area contributed by atoms with Gasteiger partial charge in [-0.25, -0.2) is 0 Å². The van der Waals surface area contributed by atoms with Crippen LogP contribution in [0.3, 0.4) is 0 Å². The highest BCUT2D eigenvalue weighted by Gasteiger charge is 2.21. The quantitative estimate of drug-likeness (QED) is 0.865. The zero-order valence-corrected chi connectivity index (χ0v) is 13.3. The smallest absolute Gasteiger partial charge is 0.254 e. The Morgan fingerprint density at radius 1 is 1.29 bits per heavy atom. The molecule has 1 aromatic heterocycles. The van der Waals surface area contributed by atoms with Gasteiger partial charge in [0, 0.05) is 51.1 Å². The van der Waals surface area contributed by atoms with Crippen LogP contribution >= 0.6 is 11.3 Å². The van der Waals surface area contributed by atoms with Gasteiger partial charge in [0.1, 0.15) is 0 Å². The average Bonchev–Trinajstić information content (AvgIpc) is 3.02. The van der Waals surface area contributed by atoms with Crippen LogP contribution in [0.4, 0.5) is 0 Å². The molecule has 0 bridgehead atoms. The van der Waals surface area contributed by atoms with Gasteiger partial charge >= 0.3 is 0 Å². The molecule has 116 valence electrons. The van der Waals surface area contributed by atoms with Gasteiger partial charge in [-0.15, -0.1) is 0 Å². The summed E-state index contributed by atoms with van der Waals surface area (Å²) in [6, 6.07) is 1.88. The van der Waals surface area contributed by atoms with Gasteiger partial charge in [-0.1, -0.05) is 6.92 Å². The highest BCUT2D eigenvalue weighted by molar-refractivity contribution is 7.08. The third kappa shape index (κ3) is 4.82. The lowest BCUT2D eigenvalue weighted by Crippen LogP contribution is -2.50. The van der Waals surface area contributed by atoms with Crippen LogP contribution in [-0.4, -0.2) is 60.9 Å². The largest absolute Gasteiger partial charge is 0.355 e. The van der Waals surface area contributed by atoms with Crippen LogP contribution < -0.4 is 5.32 Å². The zero-order chi connectivity index (χ0) is 15.1. The van der Waals surface area contributed by atoms with Crippen molar-refractivity contribution in [1.29, 1.82) is 0 Å². The van der Waals surface area contributed by atoms with E-state index in [9.17, 15) is 9.59 Å². The van der Waals surface area contributed by atoms with Gasteiger partial charge in [0.2, 0.25) is 5.91 Å². The normalized spacial score (nSPS) is 16.0. The Hall–Kier alpha value is -1.40. The number of rotatable bonds is 6. The van der Waals surface area contributed by atoms with Crippen molar-refractivity contribution in [2.45, 2.75) is 19.8 Å². The van der Waals surface area contributed by atoms with Crippen molar-refractivity contribution in [3.8, 4) is 0 Å². The van der Waals surface area contributed by atoms with Crippen LogP contribution in [0.2, 0.25) is 0 Å². The summed E-state index contributed by atoms with van der Waals surface area (Å²) in [6.07, 6.45) is 1.48. The van der Waals surface area contributed by atoms with Crippen molar-refractivity contribution in [3.63, 3.8) is 0 Å². The van der Waals surface area contributed by atoms with Crippen LogP contribution in [0.25, 0.3) is 0 Å². The fourth-order valence-corrected chi connectivity index (χ4v) is 3.04. The van der Waals surface area contributed by atoms with E-state index in [1.165, 1.54) is 0 Å². The molecule has 1 aliphatic heterocycles. The summed E-state index contributed by atoms with van der Waals surface area (Å²) in [5.74, 6) is 0.260. The van der Waals surface area contributed by atoms with Crippen molar-refractivity contribution >= 4 is 23.2 Å². The standard InChI is InChI=1S/C15H23N3O2S/c1-2-3-14(19)16-5-6-17-7-9-18(10-8-17)15(20)13-4-11-21-12-13/h4,11-12H,2-3,5-10H2,1H3,(H,16,19). The van der Waals surface area contributed by atoms with Gasteiger partial charge in [0.25, 0.3) is 5.91 Å². The van der Waals surface area contributed by atoms with Crippen molar-refractivity contribution < 1.29 is 9.59 Å². The molecule has 1 fully saturated rings. The van der Waals surface area contributed by atoms with Crippen LogP contribution in [0.15, 0.2) is 16.8 Å². The minimum absolute atomic E-state index is 0.128. The minimum atomic E-state index is 0.128. The molecule has 21 heavy (non-hydrogen) atoms. The number of hydrogen-bond acceptors (Lipinski definition) is 4. The molecule has 1 aliphatic rings. The van der Waals surface area contributed by atoms with Gasteiger partial charge in [0.15, 0.2) is 0 Å². The summed E-state index contributed by atoms with van der Waals surface area (Å²) in [6.45, 7) is 6.82. The molecule has 0 aliphatic carbocycles. The third-order valence-corrected chi connectivity index (χ3v) is 4.34. The van der Waals surface area contributed by atoms with E-state index in [1.807, 2.05) is 28.7 Å². The molecule has 0 spiro atoms. The lowest BCUT2D eigenvalue weighted by Gasteiger charge is -2.34. The molecule has 0 atom stereocenters. The van der Waals surface area contributed by atoms with Gasteiger partial charge in [-0.05, 0) is 17.9 Å². The summed E-state index contributed by atoms with van der Waals surface area (Å²) < 4.78 is 0. The van der Waals surface area contributed by atoms with Crippen LogP contribution in [0, 0.1) is 0 Å². The second kappa shape index (κ2) is 8.14. The molecule has 0 radical (unpaired) electrons. The summed E-state index contributed by atoms with van der Waals surface area (Å²) in [7, 11) is 0. The lowest BCUT2D eigenvalue weighted by atomic mass is 10.2. The van der Waals surface area contributed by atoms with E-state index in [2.05, 4.69) is 10.2 Å². The Bertz CT molecular complexity index is 453. The molecule has 2 rings (SSSR count). The molecular weight excluding hydrogens is 286 g/mol. The van der Waals surface area contributed by atoms with Gasteiger partial charge in [-0.3, -0.25) is 14.5 Å². The fourth-order valence-electron chi connectivity index (χ4n) is 2.41. The molecule has 1 N–H and O–H groups in total. The van der Waals surface area contributed by atoms with Crippen molar-refractivity contribution in [2.75, 3.05) is 39.3 Å².